The maximum atomic E-state index is 14.1. The number of methoxy groups -OCH3 is 1. The predicted molar refractivity (Wildman–Crippen MR) is 192 cm³/mol. The van der Waals surface area contributed by atoms with Gasteiger partial charge in [-0.15, -0.1) is 0 Å². The highest BCUT2D eigenvalue weighted by molar-refractivity contribution is 5.90. The van der Waals surface area contributed by atoms with Gasteiger partial charge in [0, 0.05) is 13.0 Å². The number of esters is 1. The fraction of sp³-hybridized carbons (Fsp3) is 0.436. The van der Waals surface area contributed by atoms with Crippen LogP contribution < -0.4 is 16.0 Å². The van der Waals surface area contributed by atoms with Crippen molar-refractivity contribution < 1.29 is 33.8 Å². The monoisotopic (exact) mass is 688 g/mol. The Morgan fingerprint density at radius 1 is 0.740 bits per heavy atom. The maximum Gasteiger partial charge on any atom is 0.407 e. The number of carbonyl (C=O) groups is 4. The van der Waals surface area contributed by atoms with Crippen LogP contribution in [0.2, 0.25) is 0 Å². The number of nitrogens with one attached hydrogen (secondary N) is 3. The molecule has 4 atom stereocenters. The van der Waals surface area contributed by atoms with Crippen LogP contribution in [0.4, 0.5) is 9.59 Å². The normalized spacial score (nSPS) is 13.7. The number of hydrogen-bond acceptors (Lipinski definition) is 7. The van der Waals surface area contributed by atoms with Crippen LogP contribution in [-0.4, -0.2) is 77.5 Å². The Morgan fingerprint density at radius 3 is 1.76 bits per heavy atom. The lowest BCUT2D eigenvalue weighted by atomic mass is 10.0. The second kappa shape index (κ2) is 19.3. The van der Waals surface area contributed by atoms with E-state index < -0.39 is 53.8 Å². The lowest BCUT2D eigenvalue weighted by Gasteiger charge is -2.32. The van der Waals surface area contributed by atoms with Gasteiger partial charge in [0.2, 0.25) is 5.91 Å². The van der Waals surface area contributed by atoms with Crippen molar-refractivity contribution in [2.75, 3.05) is 13.7 Å². The van der Waals surface area contributed by atoms with Gasteiger partial charge in [-0.1, -0.05) is 105 Å². The third-order valence-electron chi connectivity index (χ3n) is 7.78. The van der Waals surface area contributed by atoms with Gasteiger partial charge in [-0.3, -0.25) is 4.79 Å². The number of amides is 4. The Kier molecular flexibility index (Phi) is 15.3. The molecule has 0 aliphatic rings. The smallest absolute Gasteiger partial charge is 0.407 e. The molecule has 0 aliphatic carbocycles. The number of nitrogens with zero attached hydrogens (tertiary/aromatic N) is 1. The highest BCUT2D eigenvalue weighted by atomic mass is 16.6. The molecule has 50 heavy (non-hydrogen) atoms. The molecule has 3 rings (SSSR count). The van der Waals surface area contributed by atoms with Gasteiger partial charge in [0.25, 0.3) is 0 Å². The summed E-state index contributed by atoms with van der Waals surface area (Å²) in [6.07, 6.45) is -1.14. The Balaban J connectivity index is 1.86. The van der Waals surface area contributed by atoms with Gasteiger partial charge in [0.05, 0.1) is 25.8 Å². The van der Waals surface area contributed by atoms with E-state index in [0.29, 0.717) is 0 Å². The van der Waals surface area contributed by atoms with E-state index in [4.69, 9.17) is 9.47 Å². The second-order valence-corrected chi connectivity index (χ2v) is 13.8. The molecule has 270 valence electrons. The molecule has 0 saturated carbocycles. The summed E-state index contributed by atoms with van der Waals surface area (Å²) in [6, 6.07) is 24.5. The quantitative estimate of drug-likeness (QED) is 0.155. The number of urea groups is 1. The molecular formula is C39H52N4O7. The molecular weight excluding hydrogens is 636 g/mol. The van der Waals surface area contributed by atoms with Crippen molar-refractivity contribution in [1.82, 2.24) is 20.9 Å². The van der Waals surface area contributed by atoms with Gasteiger partial charge in [-0.05, 0) is 56.2 Å². The lowest BCUT2D eigenvalue weighted by molar-refractivity contribution is -0.145. The highest BCUT2D eigenvalue weighted by Gasteiger charge is 2.32. The summed E-state index contributed by atoms with van der Waals surface area (Å²) < 4.78 is 10.5. The minimum absolute atomic E-state index is 0.0122. The van der Waals surface area contributed by atoms with E-state index in [2.05, 4.69) is 16.0 Å². The Labute approximate surface area is 295 Å². The van der Waals surface area contributed by atoms with E-state index in [1.165, 1.54) is 12.0 Å². The Hall–Kier alpha value is -4.90. The summed E-state index contributed by atoms with van der Waals surface area (Å²) in [7, 11) is 1.26. The zero-order valence-corrected chi connectivity index (χ0v) is 29.9. The van der Waals surface area contributed by atoms with Crippen LogP contribution in [0, 0.1) is 5.92 Å². The van der Waals surface area contributed by atoms with Crippen molar-refractivity contribution in [3.8, 4) is 0 Å². The molecule has 0 radical (unpaired) electrons. The number of aliphatic hydroxyl groups excluding tert-OH is 1. The number of ether oxygens (including phenoxy) is 2. The van der Waals surface area contributed by atoms with Crippen molar-refractivity contribution in [1.29, 1.82) is 0 Å². The van der Waals surface area contributed by atoms with E-state index in [-0.39, 0.29) is 38.3 Å². The lowest BCUT2D eigenvalue weighted by Crippen LogP contribution is -2.57. The molecule has 0 fully saturated rings. The van der Waals surface area contributed by atoms with Crippen molar-refractivity contribution in [2.45, 2.75) is 90.3 Å². The standard InChI is InChI=1S/C39H52N4O7/c1-27(2)22-32(35(45)40-33(36(46)49-6)24-29-18-12-8-13-19-29)41-37(47)43(25-30-20-14-9-15-21-30)26-34(44)31(23-28-16-10-7-11-17-28)42-38(48)50-39(3,4)5/h7-21,27,31-34,44H,22-26H2,1-6H3,(H,40,45)(H,41,47)(H,42,48)/t31-,32-,33-,34-/m1/s1. The molecule has 0 unspecified atom stereocenters. The van der Waals surface area contributed by atoms with Crippen LogP contribution in [0.15, 0.2) is 91.0 Å². The summed E-state index contributed by atoms with van der Waals surface area (Å²) in [5.41, 5.74) is 1.75. The summed E-state index contributed by atoms with van der Waals surface area (Å²) in [6.45, 7) is 9.04. The molecule has 0 aliphatic heterocycles. The molecule has 11 heteroatoms. The number of benzene rings is 3. The Bertz CT molecular complexity index is 1500. The average Bonchev–Trinajstić information content (AvgIpc) is 3.07. The van der Waals surface area contributed by atoms with Gasteiger partial charge in [-0.2, -0.15) is 0 Å². The zero-order valence-electron chi connectivity index (χ0n) is 29.9. The number of carbonyl (C=O) groups excluding carboxylic acids is 4. The summed E-state index contributed by atoms with van der Waals surface area (Å²) in [5.74, 6) is -1.13. The first-order chi connectivity index (χ1) is 23.7. The van der Waals surface area contributed by atoms with Crippen molar-refractivity contribution in [3.63, 3.8) is 0 Å². The van der Waals surface area contributed by atoms with Crippen LogP contribution in [-0.2, 0) is 38.4 Å². The largest absolute Gasteiger partial charge is 0.467 e. The zero-order chi connectivity index (χ0) is 36.7. The fourth-order valence-corrected chi connectivity index (χ4v) is 5.39. The molecule has 0 bridgehead atoms. The number of rotatable bonds is 16. The molecule has 4 amide bonds. The van der Waals surface area contributed by atoms with E-state index in [1.807, 2.05) is 105 Å². The molecule has 0 spiro atoms. The third-order valence-corrected chi connectivity index (χ3v) is 7.78. The minimum atomic E-state index is -1.22. The van der Waals surface area contributed by atoms with E-state index in [1.54, 1.807) is 20.8 Å². The molecule has 11 nitrogen and oxygen atoms in total. The second-order valence-electron chi connectivity index (χ2n) is 13.8. The molecule has 0 saturated heterocycles. The van der Waals surface area contributed by atoms with Crippen molar-refractivity contribution >= 4 is 24.0 Å². The van der Waals surface area contributed by atoms with E-state index >= 15 is 0 Å². The summed E-state index contributed by atoms with van der Waals surface area (Å²) >= 11 is 0. The van der Waals surface area contributed by atoms with Gasteiger partial charge in [0.1, 0.15) is 17.7 Å². The van der Waals surface area contributed by atoms with Gasteiger partial charge >= 0.3 is 18.1 Å². The van der Waals surface area contributed by atoms with Crippen LogP contribution in [0.1, 0.15) is 57.7 Å². The van der Waals surface area contributed by atoms with Crippen molar-refractivity contribution in [3.05, 3.63) is 108 Å². The van der Waals surface area contributed by atoms with E-state index in [9.17, 15) is 24.3 Å². The number of hydrogen-bond donors (Lipinski definition) is 4. The fourth-order valence-electron chi connectivity index (χ4n) is 5.39. The van der Waals surface area contributed by atoms with Crippen LogP contribution in [0.5, 0.6) is 0 Å². The number of alkyl carbamates (subject to hydrolysis) is 1. The van der Waals surface area contributed by atoms with Crippen LogP contribution in [0.3, 0.4) is 0 Å². The highest BCUT2D eigenvalue weighted by Crippen LogP contribution is 2.15. The van der Waals surface area contributed by atoms with Crippen LogP contribution >= 0.6 is 0 Å². The van der Waals surface area contributed by atoms with E-state index in [0.717, 1.165) is 16.7 Å². The first-order valence-corrected chi connectivity index (χ1v) is 17.0. The predicted octanol–water partition coefficient (Wildman–Crippen LogP) is 5.01. The molecule has 0 aromatic heterocycles. The molecule has 3 aromatic carbocycles. The first kappa shape index (κ1) is 39.5. The summed E-state index contributed by atoms with van der Waals surface area (Å²) in [4.78, 5) is 54.7. The van der Waals surface area contributed by atoms with Gasteiger partial charge in [-0.25, -0.2) is 14.4 Å². The minimum Gasteiger partial charge on any atom is -0.467 e. The van der Waals surface area contributed by atoms with Gasteiger partial charge in [0.15, 0.2) is 0 Å². The molecule has 0 heterocycles. The molecule has 3 aromatic rings. The average molecular weight is 689 g/mol. The van der Waals surface area contributed by atoms with Crippen molar-refractivity contribution in [2.24, 2.45) is 5.92 Å². The Morgan fingerprint density at radius 2 is 1.26 bits per heavy atom. The number of aliphatic hydroxyl groups is 1. The third kappa shape index (κ3) is 13.9. The topological polar surface area (TPSA) is 146 Å². The van der Waals surface area contributed by atoms with Gasteiger partial charge < -0.3 is 35.4 Å². The first-order valence-electron chi connectivity index (χ1n) is 17.0. The summed E-state index contributed by atoms with van der Waals surface area (Å²) in [5, 5.41) is 20.1. The molecule has 4 N–H and O–H groups in total. The SMILES string of the molecule is COC(=O)[C@@H](Cc1ccccc1)NC(=O)[C@@H](CC(C)C)NC(=O)N(Cc1ccccc1)C[C@@H](O)[C@@H](Cc1ccccc1)NC(=O)OC(C)(C)C. The van der Waals surface area contributed by atoms with Crippen LogP contribution in [0.25, 0.3) is 0 Å². The maximum absolute atomic E-state index is 14.1.